The first-order valence-corrected chi connectivity index (χ1v) is 5.83. The highest BCUT2D eigenvalue weighted by molar-refractivity contribution is 6.07. The first-order chi connectivity index (χ1) is 9.00. The van der Waals surface area contributed by atoms with Crippen molar-refractivity contribution in [2.24, 2.45) is 0 Å². The van der Waals surface area contributed by atoms with Gasteiger partial charge in [-0.1, -0.05) is 18.2 Å². The summed E-state index contributed by atoms with van der Waals surface area (Å²) in [6.45, 7) is 1.88. The summed E-state index contributed by atoms with van der Waals surface area (Å²) in [5.74, 6) is -1.24. The lowest BCUT2D eigenvalue weighted by atomic mass is 10.1. The Kier molecular flexibility index (Phi) is 3.51. The zero-order valence-corrected chi connectivity index (χ0v) is 10.7. The lowest BCUT2D eigenvalue weighted by Gasteiger charge is -2.20. The van der Waals surface area contributed by atoms with Crippen LogP contribution in [0.5, 0.6) is 5.75 Å². The molecule has 98 valence electrons. The molecule has 0 aliphatic heterocycles. The minimum absolute atomic E-state index is 0.0502. The van der Waals surface area contributed by atoms with Gasteiger partial charge in [0.15, 0.2) is 0 Å². The minimum atomic E-state index is -0.556. The van der Waals surface area contributed by atoms with Crippen molar-refractivity contribution in [3.05, 3.63) is 59.4 Å². The van der Waals surface area contributed by atoms with Crippen molar-refractivity contribution < 1.29 is 14.3 Å². The number of carbonyl (C=O) groups is 1. The van der Waals surface area contributed by atoms with E-state index in [0.717, 1.165) is 23.4 Å². The molecule has 0 bridgehead atoms. The van der Waals surface area contributed by atoms with Gasteiger partial charge in [0.1, 0.15) is 11.6 Å². The molecule has 4 heteroatoms. The van der Waals surface area contributed by atoms with Gasteiger partial charge in [-0.3, -0.25) is 4.79 Å². The standard InChI is InChI=1S/C15H14FNO2/c1-10-5-3-4-6-13(10)17(2)15(19)12-9-11(16)7-8-14(12)18/h3-9,18H,1-2H3. The number of aryl methyl sites for hydroxylation is 1. The molecule has 2 rings (SSSR count). The fourth-order valence-electron chi connectivity index (χ4n) is 1.91. The van der Waals surface area contributed by atoms with E-state index in [2.05, 4.69) is 0 Å². The molecule has 0 aromatic heterocycles. The Morgan fingerprint density at radius 1 is 1.21 bits per heavy atom. The van der Waals surface area contributed by atoms with Crippen LogP contribution in [0.15, 0.2) is 42.5 Å². The van der Waals surface area contributed by atoms with E-state index in [4.69, 9.17) is 0 Å². The molecule has 0 unspecified atom stereocenters. The number of nitrogens with zero attached hydrogens (tertiary/aromatic N) is 1. The predicted molar refractivity (Wildman–Crippen MR) is 72.0 cm³/mol. The third kappa shape index (κ3) is 2.57. The van der Waals surface area contributed by atoms with E-state index in [0.29, 0.717) is 0 Å². The maximum atomic E-state index is 13.2. The van der Waals surface area contributed by atoms with Gasteiger partial charge >= 0.3 is 0 Å². The van der Waals surface area contributed by atoms with Crippen molar-refractivity contribution in [3.8, 4) is 5.75 Å². The van der Waals surface area contributed by atoms with Crippen LogP contribution in [-0.4, -0.2) is 18.1 Å². The van der Waals surface area contributed by atoms with Crippen molar-refractivity contribution in [1.82, 2.24) is 0 Å². The fourth-order valence-corrected chi connectivity index (χ4v) is 1.91. The molecule has 3 nitrogen and oxygen atoms in total. The Labute approximate surface area is 110 Å². The molecule has 0 aliphatic rings. The van der Waals surface area contributed by atoms with Gasteiger partial charge in [-0.15, -0.1) is 0 Å². The van der Waals surface area contributed by atoms with Crippen LogP contribution in [0.1, 0.15) is 15.9 Å². The van der Waals surface area contributed by atoms with Crippen LogP contribution >= 0.6 is 0 Å². The maximum absolute atomic E-state index is 13.2. The second-order valence-corrected chi connectivity index (χ2v) is 4.31. The minimum Gasteiger partial charge on any atom is -0.507 e. The van der Waals surface area contributed by atoms with Gasteiger partial charge in [0.2, 0.25) is 0 Å². The molecule has 2 aromatic carbocycles. The van der Waals surface area contributed by atoms with Crippen molar-refractivity contribution in [2.45, 2.75) is 6.92 Å². The first-order valence-electron chi connectivity index (χ1n) is 5.83. The number of amides is 1. The number of phenols is 1. The van der Waals surface area contributed by atoms with E-state index in [-0.39, 0.29) is 11.3 Å². The molecule has 0 aliphatic carbocycles. The highest BCUT2D eigenvalue weighted by atomic mass is 19.1. The lowest BCUT2D eigenvalue weighted by Crippen LogP contribution is -2.27. The average molecular weight is 259 g/mol. The van der Waals surface area contributed by atoms with Crippen LogP contribution in [0.3, 0.4) is 0 Å². The van der Waals surface area contributed by atoms with E-state index in [1.54, 1.807) is 13.1 Å². The number of aromatic hydroxyl groups is 1. The molecule has 0 radical (unpaired) electrons. The van der Waals surface area contributed by atoms with Crippen molar-refractivity contribution in [1.29, 1.82) is 0 Å². The normalized spacial score (nSPS) is 10.3. The topological polar surface area (TPSA) is 40.5 Å². The molecule has 0 saturated heterocycles. The Balaban J connectivity index is 2.39. The highest BCUT2D eigenvalue weighted by Gasteiger charge is 2.18. The summed E-state index contributed by atoms with van der Waals surface area (Å²) >= 11 is 0. The van der Waals surface area contributed by atoms with E-state index in [1.807, 2.05) is 25.1 Å². The van der Waals surface area contributed by atoms with E-state index in [9.17, 15) is 14.3 Å². The van der Waals surface area contributed by atoms with Gasteiger partial charge in [-0.25, -0.2) is 4.39 Å². The number of anilines is 1. The van der Waals surface area contributed by atoms with Crippen LogP contribution in [0, 0.1) is 12.7 Å². The van der Waals surface area contributed by atoms with Gasteiger partial charge in [0.25, 0.3) is 5.91 Å². The summed E-state index contributed by atoms with van der Waals surface area (Å²) < 4.78 is 13.2. The first kappa shape index (κ1) is 13.1. The predicted octanol–water partition coefficient (Wildman–Crippen LogP) is 3.12. The number of hydrogen-bond donors (Lipinski definition) is 1. The molecule has 0 spiro atoms. The number of rotatable bonds is 2. The van der Waals surface area contributed by atoms with Gasteiger partial charge in [0, 0.05) is 12.7 Å². The molecule has 19 heavy (non-hydrogen) atoms. The molecule has 0 fully saturated rings. The van der Waals surface area contributed by atoms with Gasteiger partial charge in [-0.2, -0.15) is 0 Å². The summed E-state index contributed by atoms with van der Waals surface area (Å²) in [6.07, 6.45) is 0. The van der Waals surface area contributed by atoms with Crippen LogP contribution in [0.25, 0.3) is 0 Å². The molecular formula is C15H14FNO2. The lowest BCUT2D eigenvalue weighted by molar-refractivity contribution is 0.0990. The molecule has 0 heterocycles. The quantitative estimate of drug-likeness (QED) is 0.900. The SMILES string of the molecule is Cc1ccccc1N(C)C(=O)c1cc(F)ccc1O. The number of phenolic OH excluding ortho intramolecular Hbond substituents is 1. The fraction of sp³-hybridized carbons (Fsp3) is 0.133. The van der Waals surface area contributed by atoms with Crippen LogP contribution in [0.4, 0.5) is 10.1 Å². The number of benzene rings is 2. The van der Waals surface area contributed by atoms with Crippen LogP contribution in [0.2, 0.25) is 0 Å². The van der Waals surface area contributed by atoms with Crippen molar-refractivity contribution >= 4 is 11.6 Å². The number of hydrogen-bond acceptors (Lipinski definition) is 2. The van der Waals surface area contributed by atoms with Crippen LogP contribution in [-0.2, 0) is 0 Å². The molecular weight excluding hydrogens is 245 g/mol. The van der Waals surface area contributed by atoms with Crippen LogP contribution < -0.4 is 4.90 Å². The third-order valence-corrected chi connectivity index (χ3v) is 2.97. The monoisotopic (exact) mass is 259 g/mol. The number of para-hydroxylation sites is 1. The Morgan fingerprint density at radius 2 is 1.89 bits per heavy atom. The number of carbonyl (C=O) groups excluding carboxylic acids is 1. The van der Waals surface area contributed by atoms with E-state index >= 15 is 0 Å². The number of halogens is 1. The second kappa shape index (κ2) is 5.10. The molecule has 2 aromatic rings. The second-order valence-electron chi connectivity index (χ2n) is 4.31. The highest BCUT2D eigenvalue weighted by Crippen LogP contribution is 2.24. The summed E-state index contributed by atoms with van der Waals surface area (Å²) in [6, 6.07) is 10.7. The molecule has 1 N–H and O–H groups in total. The summed E-state index contributed by atoms with van der Waals surface area (Å²) in [5, 5.41) is 9.66. The molecule has 1 amide bonds. The largest absolute Gasteiger partial charge is 0.507 e. The third-order valence-electron chi connectivity index (χ3n) is 2.97. The maximum Gasteiger partial charge on any atom is 0.261 e. The Bertz CT molecular complexity index is 625. The summed E-state index contributed by atoms with van der Waals surface area (Å²) in [7, 11) is 1.59. The van der Waals surface area contributed by atoms with Gasteiger partial charge in [0.05, 0.1) is 5.56 Å². The summed E-state index contributed by atoms with van der Waals surface area (Å²) in [4.78, 5) is 13.7. The van der Waals surface area contributed by atoms with Crippen molar-refractivity contribution in [2.75, 3.05) is 11.9 Å². The van der Waals surface area contributed by atoms with Gasteiger partial charge < -0.3 is 10.0 Å². The van der Waals surface area contributed by atoms with E-state index in [1.165, 1.54) is 11.0 Å². The zero-order valence-electron chi connectivity index (χ0n) is 10.7. The zero-order chi connectivity index (χ0) is 14.0. The Morgan fingerprint density at radius 3 is 2.58 bits per heavy atom. The average Bonchev–Trinajstić information content (AvgIpc) is 2.40. The van der Waals surface area contributed by atoms with Gasteiger partial charge in [-0.05, 0) is 36.8 Å². The van der Waals surface area contributed by atoms with E-state index < -0.39 is 11.7 Å². The van der Waals surface area contributed by atoms with Crippen molar-refractivity contribution in [3.63, 3.8) is 0 Å². The smallest absolute Gasteiger partial charge is 0.261 e. The summed E-state index contributed by atoms with van der Waals surface area (Å²) in [5.41, 5.74) is 1.59. The molecule has 0 saturated carbocycles. The Hall–Kier alpha value is -2.36. The molecule has 0 atom stereocenters.